The zero-order valence-corrected chi connectivity index (χ0v) is 29.4. The molecular weight excluding hydrogens is 707 g/mol. The maximum Gasteiger partial charge on any atom is 0.415 e. The smallest absolute Gasteiger partial charge is 0.415 e. The predicted molar refractivity (Wildman–Crippen MR) is 185 cm³/mol. The van der Waals surface area contributed by atoms with E-state index in [1.54, 1.807) is 36.7 Å². The fourth-order valence-corrected chi connectivity index (χ4v) is 7.03. The first-order chi connectivity index (χ1) is 24.1. The van der Waals surface area contributed by atoms with Crippen LogP contribution < -0.4 is 19.4 Å². The van der Waals surface area contributed by atoms with Gasteiger partial charge in [-0.2, -0.15) is 0 Å². The van der Waals surface area contributed by atoms with E-state index in [4.69, 9.17) is 42.1 Å². The van der Waals surface area contributed by atoms with Gasteiger partial charge in [0, 0.05) is 18.5 Å². The number of halogens is 4. The molecule has 270 valence electrons. The first-order valence-electron chi connectivity index (χ1n) is 16.2. The number of ether oxygens (including phenoxy) is 4. The molecule has 4 aromatic rings. The number of aromatic nitrogens is 1. The van der Waals surface area contributed by atoms with Gasteiger partial charge in [0.25, 0.3) is 0 Å². The lowest BCUT2D eigenvalue weighted by atomic mass is 9.86. The highest BCUT2D eigenvalue weighted by Gasteiger charge is 2.38. The Morgan fingerprint density at radius 1 is 0.941 bits per heavy atom. The van der Waals surface area contributed by atoms with E-state index in [2.05, 4.69) is 9.88 Å². The summed E-state index contributed by atoms with van der Waals surface area (Å²) in [6.45, 7) is 2.33. The van der Waals surface area contributed by atoms with Crippen LogP contribution in [-0.2, 0) is 22.4 Å². The van der Waals surface area contributed by atoms with Crippen LogP contribution in [-0.4, -0.2) is 62.4 Å². The zero-order valence-electron chi connectivity index (χ0n) is 27.9. The van der Waals surface area contributed by atoms with Gasteiger partial charge in [-0.25, -0.2) is 23.4 Å². The van der Waals surface area contributed by atoms with Crippen molar-refractivity contribution in [2.24, 2.45) is 5.92 Å². The molecule has 1 aromatic heterocycles. The Bertz CT molecular complexity index is 1860. The SMILES string of the molecule is COc1ccc([C@H](Cc2c(Cl)c[nH+]cc2Cl)OC(=O)c2cc(CN(C(=O)O[C@H]3CN4CCC3CC4)c3ccccc3F)ccc2F)cc1OC.[OH-]. The minimum Gasteiger partial charge on any atom is -0.870 e. The predicted octanol–water partition coefficient (Wildman–Crippen LogP) is 7.30. The van der Waals surface area contributed by atoms with Crippen LogP contribution in [0.2, 0.25) is 10.0 Å². The van der Waals surface area contributed by atoms with Gasteiger partial charge in [0.2, 0.25) is 0 Å². The Balaban J connectivity index is 0.00000504. The van der Waals surface area contributed by atoms with Crippen LogP contribution in [0.15, 0.2) is 73.1 Å². The van der Waals surface area contributed by atoms with Crippen molar-refractivity contribution in [2.75, 3.05) is 38.8 Å². The quantitative estimate of drug-likeness (QED) is 0.147. The minimum atomic E-state index is -0.991. The molecule has 2 atom stereocenters. The molecule has 51 heavy (non-hydrogen) atoms. The number of piperidine rings is 3. The highest BCUT2D eigenvalue weighted by molar-refractivity contribution is 6.35. The van der Waals surface area contributed by atoms with Crippen LogP contribution in [0.4, 0.5) is 19.3 Å². The third kappa shape index (κ3) is 8.53. The van der Waals surface area contributed by atoms with Gasteiger partial charge in [-0.05, 0) is 79.4 Å². The van der Waals surface area contributed by atoms with Gasteiger partial charge in [0.1, 0.15) is 33.9 Å². The van der Waals surface area contributed by atoms with Crippen molar-refractivity contribution in [3.8, 4) is 11.5 Å². The van der Waals surface area contributed by atoms with Crippen molar-refractivity contribution in [2.45, 2.75) is 38.0 Å². The molecule has 1 amide bonds. The Labute approximate surface area is 304 Å². The lowest BCUT2D eigenvalue weighted by Crippen LogP contribution is -2.53. The highest BCUT2D eigenvalue weighted by atomic mass is 35.5. The number of anilines is 1. The molecule has 0 unspecified atom stereocenters. The number of carbonyl (C=O) groups excluding carboxylic acids is 2. The minimum absolute atomic E-state index is 0. The Morgan fingerprint density at radius 3 is 2.29 bits per heavy atom. The van der Waals surface area contributed by atoms with Crippen LogP contribution in [0, 0.1) is 17.6 Å². The summed E-state index contributed by atoms with van der Waals surface area (Å²) in [6.07, 6.45) is 2.93. The largest absolute Gasteiger partial charge is 0.870 e. The summed E-state index contributed by atoms with van der Waals surface area (Å²) >= 11 is 12.9. The van der Waals surface area contributed by atoms with Crippen LogP contribution in [0.3, 0.4) is 0 Å². The van der Waals surface area contributed by atoms with E-state index in [0.717, 1.165) is 36.9 Å². The van der Waals surface area contributed by atoms with Crippen LogP contribution >= 0.6 is 23.2 Å². The van der Waals surface area contributed by atoms with Crippen molar-refractivity contribution >= 4 is 41.0 Å². The topological polar surface area (TPSA) is 122 Å². The molecule has 7 rings (SSSR count). The number of H-pyrrole nitrogens is 1. The number of nitrogens with one attached hydrogen (secondary N) is 1. The fraction of sp³-hybridized carbons (Fsp3) is 0.324. The maximum absolute atomic E-state index is 15.4. The number of aromatic amines is 1. The van der Waals surface area contributed by atoms with Gasteiger partial charge in [0.05, 0.1) is 32.0 Å². The van der Waals surface area contributed by atoms with Crippen LogP contribution in [0.5, 0.6) is 11.5 Å². The number of carbonyl (C=O) groups is 2. The second-order valence-corrected chi connectivity index (χ2v) is 13.1. The normalized spacial score (nSPS) is 18.3. The molecule has 0 aliphatic carbocycles. The van der Waals surface area contributed by atoms with Crippen molar-refractivity contribution in [3.05, 3.63) is 117 Å². The second kappa shape index (κ2) is 16.7. The van der Waals surface area contributed by atoms with Crippen molar-refractivity contribution in [3.63, 3.8) is 0 Å². The summed E-state index contributed by atoms with van der Waals surface area (Å²) < 4.78 is 53.2. The number of esters is 1. The van der Waals surface area contributed by atoms with Gasteiger partial charge in [0.15, 0.2) is 23.9 Å². The molecule has 0 radical (unpaired) electrons. The summed E-state index contributed by atoms with van der Waals surface area (Å²) in [4.78, 5) is 33.7. The molecular formula is C37H37Cl2F2N3O7. The van der Waals surface area contributed by atoms with Gasteiger partial charge >= 0.3 is 12.1 Å². The van der Waals surface area contributed by atoms with Gasteiger partial charge in [-0.1, -0.05) is 47.5 Å². The van der Waals surface area contributed by atoms with Crippen molar-refractivity contribution in [1.29, 1.82) is 0 Å². The van der Waals surface area contributed by atoms with Crippen LogP contribution in [0.25, 0.3) is 0 Å². The van der Waals surface area contributed by atoms with E-state index in [-0.39, 0.29) is 41.7 Å². The number of fused-ring (bicyclic) bond motifs is 3. The average molecular weight is 745 g/mol. The molecule has 3 fully saturated rings. The number of methoxy groups -OCH3 is 2. The molecule has 2 bridgehead atoms. The fourth-order valence-electron chi connectivity index (χ4n) is 6.50. The number of benzene rings is 3. The number of amides is 1. The summed E-state index contributed by atoms with van der Waals surface area (Å²) in [5.41, 5.74) is 0.963. The third-order valence-corrected chi connectivity index (χ3v) is 9.89. The molecule has 10 nitrogen and oxygen atoms in total. The first-order valence-corrected chi connectivity index (χ1v) is 16.9. The summed E-state index contributed by atoms with van der Waals surface area (Å²) in [5.74, 6) is -1.38. The zero-order chi connectivity index (χ0) is 35.4. The summed E-state index contributed by atoms with van der Waals surface area (Å²) in [6, 6.07) is 14.7. The average Bonchev–Trinajstić information content (AvgIpc) is 3.12. The van der Waals surface area contributed by atoms with Crippen molar-refractivity contribution in [1.82, 2.24) is 4.90 Å². The molecule has 2 N–H and O–H groups in total. The lowest BCUT2D eigenvalue weighted by molar-refractivity contribution is -0.377. The van der Waals surface area contributed by atoms with Crippen molar-refractivity contribution < 1.29 is 47.8 Å². The molecule has 0 saturated carbocycles. The van der Waals surface area contributed by atoms with Gasteiger partial charge in [-0.15, -0.1) is 0 Å². The standard InChI is InChI=1S/C37H35Cl2F2N3O6.H2O/c1-47-32-10-8-24(16-34(32)48-2)33(17-25-27(38)18-42-19-28(25)39)49-36(45)26-15-22(7-9-29(26)40)20-44(31-6-4-3-5-30(31)41)37(46)50-35-21-43-13-11-23(35)12-14-43;/h3-10,15-16,18-19,23,33,35H,11-14,17,20-21H2,1-2H3;1H2/t33-,35-;/m0./s1. The van der Waals surface area contributed by atoms with E-state index in [9.17, 15) is 9.59 Å². The Kier molecular flexibility index (Phi) is 12.4. The molecule has 3 aliphatic heterocycles. The summed E-state index contributed by atoms with van der Waals surface area (Å²) in [7, 11) is 2.97. The second-order valence-electron chi connectivity index (χ2n) is 12.3. The first kappa shape index (κ1) is 37.8. The monoisotopic (exact) mass is 743 g/mol. The van der Waals surface area contributed by atoms with E-state index in [0.29, 0.717) is 44.8 Å². The van der Waals surface area contributed by atoms with E-state index < -0.39 is 29.8 Å². The Hall–Kier alpha value is -4.49. The van der Waals surface area contributed by atoms with Gasteiger partial charge < -0.3 is 24.4 Å². The maximum atomic E-state index is 15.4. The van der Waals surface area contributed by atoms with E-state index in [1.165, 1.54) is 44.6 Å². The molecule has 0 spiro atoms. The number of pyridine rings is 1. The number of para-hydroxylation sites is 1. The number of nitrogens with zero attached hydrogens (tertiary/aromatic N) is 2. The van der Waals surface area contributed by atoms with Gasteiger partial charge in [-0.3, -0.25) is 9.80 Å². The number of hydrogen-bond donors (Lipinski definition) is 0. The summed E-state index contributed by atoms with van der Waals surface area (Å²) in [5, 5.41) is 0.621. The number of hydrogen-bond acceptors (Lipinski definition) is 8. The molecule has 14 heteroatoms. The molecule has 4 heterocycles. The van der Waals surface area contributed by atoms with Crippen LogP contribution in [0.1, 0.15) is 46.0 Å². The lowest BCUT2D eigenvalue weighted by Gasteiger charge is -2.44. The molecule has 3 saturated heterocycles. The van der Waals surface area contributed by atoms with E-state index >= 15 is 8.78 Å². The highest BCUT2D eigenvalue weighted by Crippen LogP contribution is 2.36. The molecule has 3 aromatic carbocycles. The molecule has 3 aliphatic rings. The number of rotatable bonds is 11. The Morgan fingerprint density at radius 2 is 1.65 bits per heavy atom. The van der Waals surface area contributed by atoms with E-state index in [1.807, 2.05) is 0 Å². The third-order valence-electron chi connectivity index (χ3n) is 9.22.